The lowest BCUT2D eigenvalue weighted by Crippen LogP contribution is -2.37. The fourth-order valence-electron chi connectivity index (χ4n) is 4.47. The Kier molecular flexibility index (Phi) is 5.93. The molecule has 0 radical (unpaired) electrons. The van der Waals surface area contributed by atoms with Crippen LogP contribution in [0.2, 0.25) is 0 Å². The van der Waals surface area contributed by atoms with Crippen molar-refractivity contribution in [2.75, 3.05) is 31.1 Å². The Morgan fingerprint density at radius 3 is 2.30 bits per heavy atom. The van der Waals surface area contributed by atoms with E-state index in [4.69, 9.17) is 0 Å². The van der Waals surface area contributed by atoms with Crippen molar-refractivity contribution in [2.45, 2.75) is 44.4 Å². The normalized spacial score (nSPS) is 18.7. The van der Waals surface area contributed by atoms with E-state index >= 15 is 0 Å². The van der Waals surface area contributed by atoms with E-state index in [1.807, 2.05) is 26.0 Å². The molecular weight excluding hydrogens is 398 g/mol. The molecule has 2 aromatic rings. The van der Waals surface area contributed by atoms with Crippen LogP contribution in [0.15, 0.2) is 41.4 Å². The van der Waals surface area contributed by atoms with Gasteiger partial charge in [-0.05, 0) is 57.2 Å². The second-order valence-corrected chi connectivity index (χ2v) is 10.3. The Hall–Kier alpha value is -2.25. The van der Waals surface area contributed by atoms with Gasteiger partial charge in [0.1, 0.15) is 10.7 Å². The minimum absolute atomic E-state index is 0.0254. The van der Waals surface area contributed by atoms with E-state index in [9.17, 15) is 13.2 Å². The molecule has 3 heterocycles. The van der Waals surface area contributed by atoms with Gasteiger partial charge in [-0.1, -0.05) is 23.8 Å². The van der Waals surface area contributed by atoms with Crippen molar-refractivity contribution in [1.82, 2.24) is 9.29 Å². The first-order valence-corrected chi connectivity index (χ1v) is 12.1. The summed E-state index contributed by atoms with van der Waals surface area (Å²) in [6, 6.07) is 9.44. The van der Waals surface area contributed by atoms with Crippen molar-refractivity contribution < 1.29 is 13.2 Å². The summed E-state index contributed by atoms with van der Waals surface area (Å²) in [6.45, 7) is 6.70. The van der Waals surface area contributed by atoms with Gasteiger partial charge in [-0.15, -0.1) is 0 Å². The van der Waals surface area contributed by atoms with Crippen molar-refractivity contribution in [2.24, 2.45) is 5.92 Å². The van der Waals surface area contributed by atoms with Gasteiger partial charge in [0, 0.05) is 43.9 Å². The summed E-state index contributed by atoms with van der Waals surface area (Å²) in [5.41, 5.74) is 3.03. The quantitative estimate of drug-likeness (QED) is 0.682. The number of pyridine rings is 1. The topological polar surface area (TPSA) is 70.6 Å². The molecule has 0 unspecified atom stereocenters. The number of rotatable bonds is 5. The average molecular weight is 428 g/mol. The highest BCUT2D eigenvalue weighted by atomic mass is 32.2. The van der Waals surface area contributed by atoms with Crippen molar-refractivity contribution in [3.63, 3.8) is 0 Å². The number of hydrogen-bond acceptors (Lipinski definition) is 5. The molecule has 0 atom stereocenters. The van der Waals surface area contributed by atoms with Crippen LogP contribution in [0.25, 0.3) is 0 Å². The fourth-order valence-corrected chi connectivity index (χ4v) is 5.93. The number of sulfonamides is 1. The average Bonchev–Trinajstić information content (AvgIpc) is 3.29. The number of ketones is 1. The van der Waals surface area contributed by atoms with Crippen LogP contribution in [-0.2, 0) is 10.0 Å². The van der Waals surface area contributed by atoms with Gasteiger partial charge in [0.2, 0.25) is 10.0 Å². The molecule has 2 saturated heterocycles. The summed E-state index contributed by atoms with van der Waals surface area (Å²) < 4.78 is 26.9. The molecule has 7 heteroatoms. The van der Waals surface area contributed by atoms with Gasteiger partial charge < -0.3 is 4.90 Å². The van der Waals surface area contributed by atoms with Gasteiger partial charge in [-0.2, -0.15) is 4.31 Å². The zero-order valence-corrected chi connectivity index (χ0v) is 18.5. The van der Waals surface area contributed by atoms with Crippen molar-refractivity contribution in [1.29, 1.82) is 0 Å². The number of nitrogens with zero attached hydrogens (tertiary/aromatic N) is 3. The lowest BCUT2D eigenvalue weighted by Gasteiger charge is -2.32. The summed E-state index contributed by atoms with van der Waals surface area (Å²) in [4.78, 5) is 19.8. The number of benzene rings is 1. The molecule has 6 nitrogen and oxygen atoms in total. The van der Waals surface area contributed by atoms with Crippen LogP contribution >= 0.6 is 0 Å². The first-order valence-electron chi connectivity index (χ1n) is 10.7. The molecule has 2 aliphatic rings. The summed E-state index contributed by atoms with van der Waals surface area (Å²) in [5, 5.41) is 0. The van der Waals surface area contributed by atoms with Crippen LogP contribution in [0.3, 0.4) is 0 Å². The molecule has 0 bridgehead atoms. The molecule has 30 heavy (non-hydrogen) atoms. The van der Waals surface area contributed by atoms with Crippen molar-refractivity contribution in [3.8, 4) is 0 Å². The van der Waals surface area contributed by atoms with Crippen LogP contribution in [-0.4, -0.2) is 49.7 Å². The Morgan fingerprint density at radius 1 is 1.00 bits per heavy atom. The Morgan fingerprint density at radius 2 is 1.70 bits per heavy atom. The van der Waals surface area contributed by atoms with E-state index in [2.05, 4.69) is 16.0 Å². The van der Waals surface area contributed by atoms with Crippen molar-refractivity contribution in [3.05, 3.63) is 53.2 Å². The first kappa shape index (κ1) is 21.0. The number of aryl methyl sites for hydroxylation is 2. The third kappa shape index (κ3) is 4.14. The van der Waals surface area contributed by atoms with E-state index in [1.165, 1.54) is 16.1 Å². The maximum atomic E-state index is 13.0. The van der Waals surface area contributed by atoms with Gasteiger partial charge in [0.25, 0.3) is 0 Å². The predicted octanol–water partition coefficient (Wildman–Crippen LogP) is 3.58. The lowest BCUT2D eigenvalue weighted by molar-refractivity contribution is 0.0900. The summed E-state index contributed by atoms with van der Waals surface area (Å²) in [6.07, 6.45) is 4.86. The van der Waals surface area contributed by atoms with Crippen LogP contribution in [0.5, 0.6) is 0 Å². The number of carbonyl (C=O) groups excluding carboxylic acids is 1. The van der Waals surface area contributed by atoms with Crippen LogP contribution in [0.1, 0.15) is 47.2 Å². The highest BCUT2D eigenvalue weighted by Gasteiger charge is 2.29. The molecule has 2 aliphatic heterocycles. The van der Waals surface area contributed by atoms with Gasteiger partial charge in [-0.3, -0.25) is 4.79 Å². The minimum atomic E-state index is -3.44. The van der Waals surface area contributed by atoms with E-state index in [0.717, 1.165) is 55.7 Å². The fraction of sp³-hybridized carbons (Fsp3) is 0.478. The number of carbonyl (C=O) groups is 1. The highest BCUT2D eigenvalue weighted by molar-refractivity contribution is 7.89. The molecule has 160 valence electrons. The number of hydrogen-bond donors (Lipinski definition) is 0. The van der Waals surface area contributed by atoms with Gasteiger partial charge in [0.05, 0.1) is 0 Å². The van der Waals surface area contributed by atoms with Crippen molar-refractivity contribution >= 4 is 21.6 Å². The molecule has 2 fully saturated rings. The first-order chi connectivity index (χ1) is 14.4. The van der Waals surface area contributed by atoms with E-state index in [0.29, 0.717) is 13.1 Å². The molecule has 1 aromatic heterocycles. The molecule has 1 aromatic carbocycles. The smallest absolute Gasteiger partial charge is 0.244 e. The summed E-state index contributed by atoms with van der Waals surface area (Å²) in [7, 11) is -3.44. The minimum Gasteiger partial charge on any atom is -0.357 e. The Labute approximate surface area is 179 Å². The molecule has 0 amide bonds. The van der Waals surface area contributed by atoms with E-state index in [-0.39, 0.29) is 16.6 Å². The summed E-state index contributed by atoms with van der Waals surface area (Å²) >= 11 is 0. The highest BCUT2D eigenvalue weighted by Crippen LogP contribution is 2.27. The maximum absolute atomic E-state index is 13.0. The van der Waals surface area contributed by atoms with Gasteiger partial charge in [0.15, 0.2) is 5.78 Å². The molecule has 0 saturated carbocycles. The third-order valence-corrected chi connectivity index (χ3v) is 8.14. The monoisotopic (exact) mass is 427 g/mol. The number of piperidine rings is 1. The predicted molar refractivity (Wildman–Crippen MR) is 117 cm³/mol. The zero-order valence-electron chi connectivity index (χ0n) is 17.7. The van der Waals surface area contributed by atoms with Gasteiger partial charge >= 0.3 is 0 Å². The van der Waals surface area contributed by atoms with Crippen LogP contribution < -0.4 is 4.90 Å². The van der Waals surface area contributed by atoms with Crippen LogP contribution in [0, 0.1) is 19.8 Å². The second-order valence-electron chi connectivity index (χ2n) is 8.41. The largest absolute Gasteiger partial charge is 0.357 e. The van der Waals surface area contributed by atoms with Crippen LogP contribution in [0.4, 0.5) is 5.82 Å². The van der Waals surface area contributed by atoms with E-state index in [1.54, 1.807) is 12.1 Å². The third-order valence-electron chi connectivity index (χ3n) is 6.26. The van der Waals surface area contributed by atoms with Gasteiger partial charge in [-0.25, -0.2) is 13.4 Å². The molecule has 0 aliphatic carbocycles. The Balaban J connectivity index is 1.40. The SMILES string of the molecule is Cc1ccc(C(=O)C2CCN(c3ccc(S(=O)(=O)N4CCCC4)cn3)CC2)c(C)c1. The van der Waals surface area contributed by atoms with E-state index < -0.39 is 10.0 Å². The maximum Gasteiger partial charge on any atom is 0.244 e. The molecule has 4 rings (SSSR count). The zero-order chi connectivity index (χ0) is 21.3. The lowest BCUT2D eigenvalue weighted by atomic mass is 9.87. The number of Topliss-reactive ketones (excluding diaryl/α,β-unsaturated/α-hetero) is 1. The standard InChI is InChI=1S/C23H29N3O3S/c1-17-5-7-21(18(2)15-17)23(27)19-9-13-25(14-10-19)22-8-6-20(16-24-22)30(28,29)26-11-3-4-12-26/h5-8,15-16,19H,3-4,9-14H2,1-2H3. The molecular formula is C23H29N3O3S. The second kappa shape index (κ2) is 8.47. The summed E-state index contributed by atoms with van der Waals surface area (Å²) in [5.74, 6) is 1.03. The molecule has 0 spiro atoms. The number of aromatic nitrogens is 1. The number of anilines is 1. The Bertz CT molecular complexity index is 1020. The molecule has 0 N–H and O–H groups in total.